The highest BCUT2D eigenvalue weighted by molar-refractivity contribution is 5.81. The van der Waals surface area contributed by atoms with Crippen molar-refractivity contribution in [2.24, 2.45) is 17.8 Å². The maximum absolute atomic E-state index is 12.2. The van der Waals surface area contributed by atoms with Crippen LogP contribution in [0.4, 0.5) is 0 Å². The number of carbonyl (C=O) groups excluding carboxylic acids is 1. The van der Waals surface area contributed by atoms with E-state index in [4.69, 9.17) is 0 Å². The lowest BCUT2D eigenvalue weighted by Crippen LogP contribution is -2.31. The Labute approximate surface area is 99.2 Å². The van der Waals surface area contributed by atoms with Crippen molar-refractivity contribution in [3.63, 3.8) is 0 Å². The highest BCUT2D eigenvalue weighted by Crippen LogP contribution is 2.34. The van der Waals surface area contributed by atoms with E-state index in [0.29, 0.717) is 17.7 Å². The summed E-state index contributed by atoms with van der Waals surface area (Å²) in [4.78, 5) is 12.2. The van der Waals surface area contributed by atoms with Crippen molar-refractivity contribution in [3.8, 4) is 0 Å². The maximum atomic E-state index is 12.2. The van der Waals surface area contributed by atoms with Crippen molar-refractivity contribution in [2.45, 2.75) is 58.4 Å². The summed E-state index contributed by atoms with van der Waals surface area (Å²) in [5.41, 5.74) is 0. The predicted molar refractivity (Wildman–Crippen MR) is 66.3 cm³/mol. The van der Waals surface area contributed by atoms with Gasteiger partial charge in [-0.2, -0.15) is 0 Å². The van der Waals surface area contributed by atoms with Gasteiger partial charge in [-0.3, -0.25) is 4.79 Å². The fraction of sp³-hybridized carbons (Fsp3) is 0.929. The molecule has 3 unspecified atom stereocenters. The van der Waals surface area contributed by atoms with Gasteiger partial charge in [0.2, 0.25) is 0 Å². The Bertz CT molecular complexity index is 235. The highest BCUT2D eigenvalue weighted by atomic mass is 16.1. The van der Waals surface area contributed by atoms with Crippen LogP contribution in [-0.2, 0) is 4.79 Å². The van der Waals surface area contributed by atoms with Crippen molar-refractivity contribution < 1.29 is 4.79 Å². The minimum Gasteiger partial charge on any atom is -0.314 e. The van der Waals surface area contributed by atoms with Gasteiger partial charge in [-0.15, -0.1) is 0 Å². The van der Waals surface area contributed by atoms with Crippen molar-refractivity contribution in [2.75, 3.05) is 6.54 Å². The second kappa shape index (κ2) is 5.31. The van der Waals surface area contributed by atoms with Gasteiger partial charge >= 0.3 is 0 Å². The molecule has 1 saturated heterocycles. The second-order valence-corrected chi connectivity index (χ2v) is 6.08. The molecular formula is C14H25NO. The summed E-state index contributed by atoms with van der Waals surface area (Å²) in [5.74, 6) is 2.38. The largest absolute Gasteiger partial charge is 0.314 e. The molecule has 92 valence electrons. The summed E-state index contributed by atoms with van der Waals surface area (Å²) in [6.45, 7) is 5.70. The fourth-order valence-electron chi connectivity index (χ4n) is 3.55. The van der Waals surface area contributed by atoms with Crippen LogP contribution in [0.25, 0.3) is 0 Å². The molecule has 2 aliphatic rings. The highest BCUT2D eigenvalue weighted by Gasteiger charge is 2.30. The van der Waals surface area contributed by atoms with E-state index < -0.39 is 0 Å². The molecule has 0 aromatic rings. The predicted octanol–water partition coefficient (Wildman–Crippen LogP) is 2.77. The van der Waals surface area contributed by atoms with Crippen LogP contribution in [0.5, 0.6) is 0 Å². The normalized spacial score (nSPS) is 39.9. The summed E-state index contributed by atoms with van der Waals surface area (Å²) in [6, 6.07) is 0.486. The first-order valence-corrected chi connectivity index (χ1v) is 6.91. The number of rotatable bonds is 3. The van der Waals surface area contributed by atoms with Gasteiger partial charge in [0.15, 0.2) is 0 Å². The van der Waals surface area contributed by atoms with E-state index >= 15 is 0 Å². The number of ketones is 1. The Morgan fingerprint density at radius 3 is 2.44 bits per heavy atom. The monoisotopic (exact) mass is 223 g/mol. The molecule has 1 aliphatic heterocycles. The van der Waals surface area contributed by atoms with Gasteiger partial charge in [0.25, 0.3) is 0 Å². The maximum Gasteiger partial charge on any atom is 0.137 e. The molecule has 2 heteroatoms. The zero-order valence-electron chi connectivity index (χ0n) is 10.7. The van der Waals surface area contributed by atoms with Crippen molar-refractivity contribution in [1.29, 1.82) is 0 Å². The average molecular weight is 223 g/mol. The first kappa shape index (κ1) is 12.1. The van der Waals surface area contributed by atoms with Gasteiger partial charge in [-0.1, -0.05) is 13.8 Å². The van der Waals surface area contributed by atoms with E-state index in [1.165, 1.54) is 19.3 Å². The number of hydrogen-bond donors (Lipinski definition) is 1. The Hall–Kier alpha value is -0.370. The van der Waals surface area contributed by atoms with Crippen molar-refractivity contribution >= 4 is 5.78 Å². The lowest BCUT2D eigenvalue weighted by Gasteiger charge is -2.31. The van der Waals surface area contributed by atoms with E-state index in [1.807, 2.05) is 0 Å². The molecule has 0 amide bonds. The SMILES string of the molecule is CC1CC(C)CC(C(=O)CC2CCCN2)C1. The first-order valence-electron chi connectivity index (χ1n) is 6.91. The van der Waals surface area contributed by atoms with Gasteiger partial charge in [0.1, 0.15) is 5.78 Å². The molecule has 0 aromatic carbocycles. The van der Waals surface area contributed by atoms with E-state index in [0.717, 1.165) is 37.6 Å². The number of carbonyl (C=O) groups is 1. The van der Waals surface area contributed by atoms with Crippen LogP contribution in [0, 0.1) is 17.8 Å². The molecule has 0 radical (unpaired) electrons. The number of Topliss-reactive ketones (excluding diaryl/α,β-unsaturated/α-hetero) is 1. The van der Waals surface area contributed by atoms with Gasteiger partial charge in [0.05, 0.1) is 0 Å². The average Bonchev–Trinajstić information content (AvgIpc) is 2.68. The van der Waals surface area contributed by atoms with Crippen molar-refractivity contribution in [3.05, 3.63) is 0 Å². The minimum absolute atomic E-state index is 0.362. The van der Waals surface area contributed by atoms with Crippen LogP contribution in [-0.4, -0.2) is 18.4 Å². The molecule has 1 heterocycles. The molecule has 1 saturated carbocycles. The molecule has 2 fully saturated rings. The zero-order chi connectivity index (χ0) is 11.5. The van der Waals surface area contributed by atoms with Gasteiger partial charge in [0, 0.05) is 18.4 Å². The number of nitrogens with one attached hydrogen (secondary N) is 1. The summed E-state index contributed by atoms with van der Waals surface area (Å²) in [7, 11) is 0. The van der Waals surface area contributed by atoms with Gasteiger partial charge in [-0.25, -0.2) is 0 Å². The standard InChI is InChI=1S/C14H25NO/c1-10-6-11(2)8-12(7-10)14(16)9-13-4-3-5-15-13/h10-13,15H,3-9H2,1-2H3. The second-order valence-electron chi connectivity index (χ2n) is 6.08. The Morgan fingerprint density at radius 1 is 1.19 bits per heavy atom. The number of hydrogen-bond acceptors (Lipinski definition) is 2. The van der Waals surface area contributed by atoms with Crippen LogP contribution in [0.3, 0.4) is 0 Å². The van der Waals surface area contributed by atoms with Crippen LogP contribution >= 0.6 is 0 Å². The van der Waals surface area contributed by atoms with E-state index in [-0.39, 0.29) is 0 Å². The minimum atomic E-state index is 0.362. The van der Waals surface area contributed by atoms with E-state index in [9.17, 15) is 4.79 Å². The van der Waals surface area contributed by atoms with Crippen LogP contribution in [0.15, 0.2) is 0 Å². The quantitative estimate of drug-likeness (QED) is 0.797. The summed E-state index contributed by atoms with van der Waals surface area (Å²) in [6.07, 6.45) is 6.81. The Kier molecular flexibility index (Phi) is 4.01. The van der Waals surface area contributed by atoms with Gasteiger partial charge in [-0.05, 0) is 50.5 Å². The molecule has 3 atom stereocenters. The van der Waals surface area contributed by atoms with Crippen LogP contribution in [0.2, 0.25) is 0 Å². The van der Waals surface area contributed by atoms with Crippen molar-refractivity contribution in [1.82, 2.24) is 5.32 Å². The molecule has 2 rings (SSSR count). The zero-order valence-corrected chi connectivity index (χ0v) is 10.7. The van der Waals surface area contributed by atoms with Gasteiger partial charge < -0.3 is 5.32 Å². The van der Waals surface area contributed by atoms with Crippen LogP contribution in [0.1, 0.15) is 52.4 Å². The fourth-order valence-corrected chi connectivity index (χ4v) is 3.55. The first-order chi connectivity index (χ1) is 7.65. The third-order valence-electron chi connectivity index (χ3n) is 4.24. The molecule has 0 spiro atoms. The smallest absolute Gasteiger partial charge is 0.137 e. The molecule has 2 nitrogen and oxygen atoms in total. The molecular weight excluding hydrogens is 198 g/mol. The summed E-state index contributed by atoms with van der Waals surface area (Å²) < 4.78 is 0. The van der Waals surface area contributed by atoms with E-state index in [1.54, 1.807) is 0 Å². The summed E-state index contributed by atoms with van der Waals surface area (Å²) in [5, 5.41) is 3.43. The molecule has 1 aliphatic carbocycles. The van der Waals surface area contributed by atoms with E-state index in [2.05, 4.69) is 19.2 Å². The molecule has 0 aromatic heterocycles. The third-order valence-corrected chi connectivity index (χ3v) is 4.24. The summed E-state index contributed by atoms with van der Waals surface area (Å²) >= 11 is 0. The Balaban J connectivity index is 1.83. The lowest BCUT2D eigenvalue weighted by molar-refractivity contribution is -0.125. The Morgan fingerprint density at radius 2 is 1.88 bits per heavy atom. The van der Waals surface area contributed by atoms with Crippen LogP contribution < -0.4 is 5.32 Å². The molecule has 0 bridgehead atoms. The lowest BCUT2D eigenvalue weighted by atomic mass is 9.74. The molecule has 16 heavy (non-hydrogen) atoms. The third kappa shape index (κ3) is 3.07. The molecule has 1 N–H and O–H groups in total. The topological polar surface area (TPSA) is 29.1 Å².